The fraction of sp³-hybridized carbons (Fsp3) is 0.577. The Labute approximate surface area is 201 Å². The van der Waals surface area contributed by atoms with Gasteiger partial charge in [-0.05, 0) is 83.8 Å². The molecule has 2 saturated heterocycles. The van der Waals surface area contributed by atoms with Crippen molar-refractivity contribution in [1.29, 1.82) is 0 Å². The molecule has 6 rings (SSSR count). The summed E-state index contributed by atoms with van der Waals surface area (Å²) in [5, 5.41) is 4.41. The molecule has 0 aliphatic carbocycles. The number of nitrogens with zero attached hydrogens (tertiary/aromatic N) is 7. The van der Waals surface area contributed by atoms with E-state index in [4.69, 9.17) is 9.72 Å². The third kappa shape index (κ3) is 3.78. The summed E-state index contributed by atoms with van der Waals surface area (Å²) >= 11 is 0. The van der Waals surface area contributed by atoms with Gasteiger partial charge in [0.25, 0.3) is 0 Å². The Balaban J connectivity index is 1.35. The minimum absolute atomic E-state index is 0.230. The van der Waals surface area contributed by atoms with Crippen LogP contribution < -0.4 is 9.64 Å². The second-order valence-corrected chi connectivity index (χ2v) is 10.3. The van der Waals surface area contributed by atoms with Crippen LogP contribution in [0.25, 0.3) is 22.9 Å². The normalized spacial score (nSPS) is 21.4. The average Bonchev–Trinajstić information content (AvgIpc) is 3.58. The second-order valence-electron chi connectivity index (χ2n) is 10.3. The Hall–Kier alpha value is -2.87. The van der Waals surface area contributed by atoms with Crippen molar-refractivity contribution in [3.05, 3.63) is 30.7 Å². The third-order valence-electron chi connectivity index (χ3n) is 7.80. The molecule has 2 aromatic heterocycles. The first kappa shape index (κ1) is 21.6. The molecule has 3 aromatic rings. The van der Waals surface area contributed by atoms with E-state index in [0.29, 0.717) is 12.6 Å². The summed E-state index contributed by atoms with van der Waals surface area (Å²) < 4.78 is 10.3. The SMILES string of the molecule is CC(C)n1ncnc1-c1cn2c(n1)-c1cc(N3CCC[C@H]3C3CCN(C)CC3)ccc1OCC2. The van der Waals surface area contributed by atoms with Gasteiger partial charge < -0.3 is 19.1 Å². The summed E-state index contributed by atoms with van der Waals surface area (Å²) in [5.41, 5.74) is 3.24. The van der Waals surface area contributed by atoms with Crippen LogP contribution in [0, 0.1) is 5.92 Å². The van der Waals surface area contributed by atoms with Gasteiger partial charge in [-0.15, -0.1) is 0 Å². The fourth-order valence-corrected chi connectivity index (χ4v) is 5.99. The van der Waals surface area contributed by atoms with Gasteiger partial charge in [0.1, 0.15) is 30.2 Å². The highest BCUT2D eigenvalue weighted by Gasteiger charge is 2.34. The summed E-state index contributed by atoms with van der Waals surface area (Å²) in [5.74, 6) is 3.47. The molecule has 0 unspecified atom stereocenters. The first-order chi connectivity index (χ1) is 16.6. The van der Waals surface area contributed by atoms with E-state index in [1.807, 2.05) is 4.68 Å². The molecule has 8 nitrogen and oxygen atoms in total. The Morgan fingerprint density at radius 3 is 2.71 bits per heavy atom. The van der Waals surface area contributed by atoms with E-state index < -0.39 is 0 Å². The van der Waals surface area contributed by atoms with E-state index in [2.05, 4.69) is 69.7 Å². The van der Waals surface area contributed by atoms with Crippen LogP contribution in [0.4, 0.5) is 5.69 Å². The molecule has 5 heterocycles. The van der Waals surface area contributed by atoms with Gasteiger partial charge in [0.05, 0.1) is 12.1 Å². The lowest BCUT2D eigenvalue weighted by molar-refractivity contribution is 0.199. The van der Waals surface area contributed by atoms with Crippen LogP contribution >= 0.6 is 0 Å². The Morgan fingerprint density at radius 2 is 1.88 bits per heavy atom. The molecule has 0 spiro atoms. The van der Waals surface area contributed by atoms with Crippen molar-refractivity contribution >= 4 is 5.69 Å². The van der Waals surface area contributed by atoms with Gasteiger partial charge in [0.2, 0.25) is 0 Å². The lowest BCUT2D eigenvalue weighted by Gasteiger charge is -2.38. The number of aromatic nitrogens is 5. The number of benzene rings is 1. The lowest BCUT2D eigenvalue weighted by atomic mass is 9.88. The molecule has 0 bridgehead atoms. The van der Waals surface area contributed by atoms with Gasteiger partial charge in [0, 0.05) is 30.5 Å². The standard InChI is InChI=1S/C26H35N7O/c1-18(2)33-26(27-17-28-33)22-16-31-13-14-34-24-7-6-20(15-21(24)25(31)29-22)32-10-4-5-23(32)19-8-11-30(3)12-9-19/h6-7,15-19,23H,4-5,8-14H2,1-3H3/t23-/m0/s1. The molecule has 34 heavy (non-hydrogen) atoms. The zero-order chi connectivity index (χ0) is 23.2. The molecule has 180 valence electrons. The Kier molecular flexibility index (Phi) is 5.56. The predicted molar refractivity (Wildman–Crippen MR) is 133 cm³/mol. The minimum Gasteiger partial charge on any atom is -0.491 e. The number of likely N-dealkylation sites (tertiary alicyclic amines) is 1. The van der Waals surface area contributed by atoms with Gasteiger partial charge in [-0.3, -0.25) is 0 Å². The first-order valence-electron chi connectivity index (χ1n) is 12.8. The van der Waals surface area contributed by atoms with Crippen LogP contribution in [-0.2, 0) is 6.54 Å². The van der Waals surface area contributed by atoms with E-state index >= 15 is 0 Å². The number of hydrogen-bond donors (Lipinski definition) is 0. The maximum Gasteiger partial charge on any atom is 0.178 e. The van der Waals surface area contributed by atoms with E-state index in [1.165, 1.54) is 44.5 Å². The number of fused-ring (bicyclic) bond motifs is 3. The molecule has 1 atom stereocenters. The highest BCUT2D eigenvalue weighted by atomic mass is 16.5. The summed E-state index contributed by atoms with van der Waals surface area (Å²) in [4.78, 5) is 14.7. The largest absolute Gasteiger partial charge is 0.491 e. The molecule has 8 heteroatoms. The van der Waals surface area contributed by atoms with Gasteiger partial charge in [-0.2, -0.15) is 5.10 Å². The number of anilines is 1. The predicted octanol–water partition coefficient (Wildman–Crippen LogP) is 4.09. The van der Waals surface area contributed by atoms with Crippen LogP contribution in [0.15, 0.2) is 30.7 Å². The highest BCUT2D eigenvalue weighted by Crippen LogP contribution is 2.40. The number of ether oxygens (including phenoxy) is 1. The number of imidazole rings is 1. The average molecular weight is 462 g/mol. The Morgan fingerprint density at radius 1 is 1.03 bits per heavy atom. The third-order valence-corrected chi connectivity index (χ3v) is 7.80. The molecule has 1 aromatic carbocycles. The molecule has 0 radical (unpaired) electrons. The van der Waals surface area contributed by atoms with Crippen molar-refractivity contribution in [3.8, 4) is 28.7 Å². The Bertz CT molecular complexity index is 1160. The zero-order valence-electron chi connectivity index (χ0n) is 20.5. The number of hydrogen-bond acceptors (Lipinski definition) is 6. The van der Waals surface area contributed by atoms with Gasteiger partial charge in [0.15, 0.2) is 5.82 Å². The first-order valence-corrected chi connectivity index (χ1v) is 12.8. The van der Waals surface area contributed by atoms with Gasteiger partial charge in [-0.1, -0.05) is 0 Å². The topological polar surface area (TPSA) is 64.2 Å². The van der Waals surface area contributed by atoms with Crippen LogP contribution in [0.5, 0.6) is 5.75 Å². The molecule has 2 fully saturated rings. The molecule has 0 amide bonds. The minimum atomic E-state index is 0.230. The maximum atomic E-state index is 6.14. The maximum absolute atomic E-state index is 6.14. The lowest BCUT2D eigenvalue weighted by Crippen LogP contribution is -2.41. The van der Waals surface area contributed by atoms with Crippen molar-refractivity contribution in [2.75, 3.05) is 38.2 Å². The van der Waals surface area contributed by atoms with E-state index in [-0.39, 0.29) is 6.04 Å². The summed E-state index contributed by atoms with van der Waals surface area (Å²) in [6, 6.07) is 7.58. The number of rotatable bonds is 4. The summed E-state index contributed by atoms with van der Waals surface area (Å²) in [6.45, 7) is 9.20. The quantitative estimate of drug-likeness (QED) is 0.583. The summed E-state index contributed by atoms with van der Waals surface area (Å²) in [7, 11) is 2.25. The molecule has 0 N–H and O–H groups in total. The summed E-state index contributed by atoms with van der Waals surface area (Å²) in [6.07, 6.45) is 8.89. The van der Waals surface area contributed by atoms with Crippen molar-refractivity contribution in [2.24, 2.45) is 5.92 Å². The van der Waals surface area contributed by atoms with Crippen LogP contribution in [0.3, 0.4) is 0 Å². The van der Waals surface area contributed by atoms with Crippen molar-refractivity contribution < 1.29 is 4.74 Å². The second kappa shape index (κ2) is 8.73. The fourth-order valence-electron chi connectivity index (χ4n) is 5.99. The molecule has 0 saturated carbocycles. The molecule has 3 aliphatic heterocycles. The smallest absolute Gasteiger partial charge is 0.178 e. The van der Waals surface area contributed by atoms with Gasteiger partial charge in [-0.25, -0.2) is 14.6 Å². The zero-order valence-corrected chi connectivity index (χ0v) is 20.5. The molecule has 3 aliphatic rings. The van der Waals surface area contributed by atoms with Crippen LogP contribution in [-0.4, -0.2) is 68.5 Å². The van der Waals surface area contributed by atoms with E-state index in [0.717, 1.165) is 47.7 Å². The highest BCUT2D eigenvalue weighted by molar-refractivity contribution is 5.73. The van der Waals surface area contributed by atoms with Crippen LogP contribution in [0.2, 0.25) is 0 Å². The van der Waals surface area contributed by atoms with E-state index in [1.54, 1.807) is 6.33 Å². The monoisotopic (exact) mass is 461 g/mol. The van der Waals surface area contributed by atoms with Gasteiger partial charge >= 0.3 is 0 Å². The van der Waals surface area contributed by atoms with E-state index in [9.17, 15) is 0 Å². The number of piperidine rings is 1. The molecular formula is C26H35N7O. The van der Waals surface area contributed by atoms with Crippen molar-refractivity contribution in [1.82, 2.24) is 29.2 Å². The van der Waals surface area contributed by atoms with Crippen molar-refractivity contribution in [2.45, 2.75) is 58.2 Å². The van der Waals surface area contributed by atoms with Crippen LogP contribution in [0.1, 0.15) is 45.6 Å². The molecular weight excluding hydrogens is 426 g/mol. The van der Waals surface area contributed by atoms with Crippen molar-refractivity contribution in [3.63, 3.8) is 0 Å².